The van der Waals surface area contributed by atoms with Crippen LogP contribution in [0.25, 0.3) is 0 Å². The molecule has 0 aliphatic rings. The summed E-state index contributed by atoms with van der Waals surface area (Å²) in [6, 6.07) is -0.497. The Kier molecular flexibility index (Phi) is 4.00. The third-order valence-electron chi connectivity index (χ3n) is 2.33. The van der Waals surface area contributed by atoms with Gasteiger partial charge in [-0.2, -0.15) is 0 Å². The standard InChI is InChI=1S/C10H19N5O/c1-10(2,3)8(11)9(16)12-4-6-15-7-5-13-14-15/h5,7-8H,4,6,11H2,1-3H3,(H,12,16)/t8-/m0/s1. The molecule has 0 fully saturated rings. The number of nitrogens with zero attached hydrogens (tertiary/aromatic N) is 3. The second-order valence-corrected chi connectivity index (χ2v) is 4.80. The van der Waals surface area contributed by atoms with Crippen molar-refractivity contribution >= 4 is 5.91 Å². The lowest BCUT2D eigenvalue weighted by molar-refractivity contribution is -0.124. The fraction of sp³-hybridized carbons (Fsp3) is 0.700. The van der Waals surface area contributed by atoms with Gasteiger partial charge in [0.25, 0.3) is 0 Å². The highest BCUT2D eigenvalue weighted by atomic mass is 16.2. The van der Waals surface area contributed by atoms with Crippen molar-refractivity contribution in [3.05, 3.63) is 12.4 Å². The quantitative estimate of drug-likeness (QED) is 0.741. The predicted molar refractivity (Wildman–Crippen MR) is 60.5 cm³/mol. The van der Waals surface area contributed by atoms with Crippen molar-refractivity contribution in [3.63, 3.8) is 0 Å². The molecular weight excluding hydrogens is 206 g/mol. The van der Waals surface area contributed by atoms with E-state index in [1.54, 1.807) is 17.1 Å². The minimum Gasteiger partial charge on any atom is -0.353 e. The number of amides is 1. The third kappa shape index (κ3) is 3.62. The molecule has 6 nitrogen and oxygen atoms in total. The Morgan fingerprint density at radius 3 is 2.75 bits per heavy atom. The molecule has 6 heteroatoms. The minimum absolute atomic E-state index is 0.132. The molecular formula is C10H19N5O. The molecule has 0 bridgehead atoms. The molecule has 0 spiro atoms. The van der Waals surface area contributed by atoms with Gasteiger partial charge in [0.05, 0.1) is 18.8 Å². The maximum atomic E-state index is 11.6. The lowest BCUT2D eigenvalue weighted by Crippen LogP contribution is -2.49. The van der Waals surface area contributed by atoms with Gasteiger partial charge in [0.1, 0.15) is 0 Å². The van der Waals surface area contributed by atoms with E-state index in [0.29, 0.717) is 13.1 Å². The van der Waals surface area contributed by atoms with Crippen LogP contribution < -0.4 is 11.1 Å². The van der Waals surface area contributed by atoms with Crippen molar-refractivity contribution in [1.29, 1.82) is 0 Å². The van der Waals surface area contributed by atoms with Crippen molar-refractivity contribution in [2.24, 2.45) is 11.1 Å². The summed E-state index contributed by atoms with van der Waals surface area (Å²) in [6.45, 7) is 6.92. The van der Waals surface area contributed by atoms with Gasteiger partial charge in [-0.3, -0.25) is 9.48 Å². The molecule has 0 aliphatic carbocycles. The van der Waals surface area contributed by atoms with Crippen LogP contribution in [0.1, 0.15) is 20.8 Å². The average Bonchev–Trinajstić information content (AvgIpc) is 2.67. The zero-order chi connectivity index (χ0) is 12.2. The van der Waals surface area contributed by atoms with Gasteiger partial charge in [-0.1, -0.05) is 26.0 Å². The molecule has 1 rings (SSSR count). The summed E-state index contributed by atoms with van der Waals surface area (Å²) >= 11 is 0. The van der Waals surface area contributed by atoms with E-state index in [2.05, 4.69) is 15.6 Å². The van der Waals surface area contributed by atoms with E-state index >= 15 is 0 Å². The maximum Gasteiger partial charge on any atom is 0.237 e. The summed E-state index contributed by atoms with van der Waals surface area (Å²) < 4.78 is 1.66. The van der Waals surface area contributed by atoms with Crippen molar-refractivity contribution in [3.8, 4) is 0 Å². The number of rotatable bonds is 4. The lowest BCUT2D eigenvalue weighted by atomic mass is 9.87. The normalized spacial score (nSPS) is 13.5. The summed E-state index contributed by atoms with van der Waals surface area (Å²) in [5.74, 6) is -0.132. The fourth-order valence-electron chi connectivity index (χ4n) is 1.15. The average molecular weight is 225 g/mol. The monoisotopic (exact) mass is 225 g/mol. The summed E-state index contributed by atoms with van der Waals surface area (Å²) in [6.07, 6.45) is 3.35. The number of hydrogen-bond donors (Lipinski definition) is 2. The first-order valence-corrected chi connectivity index (χ1v) is 5.28. The zero-order valence-electron chi connectivity index (χ0n) is 9.97. The van der Waals surface area contributed by atoms with E-state index < -0.39 is 6.04 Å². The van der Waals surface area contributed by atoms with Gasteiger partial charge in [0.15, 0.2) is 0 Å². The molecule has 0 saturated heterocycles. The molecule has 1 aromatic heterocycles. The van der Waals surface area contributed by atoms with E-state index in [0.717, 1.165) is 0 Å². The van der Waals surface area contributed by atoms with Crippen molar-refractivity contribution in [1.82, 2.24) is 20.3 Å². The van der Waals surface area contributed by atoms with Gasteiger partial charge in [0, 0.05) is 12.7 Å². The number of carbonyl (C=O) groups is 1. The van der Waals surface area contributed by atoms with Crippen molar-refractivity contribution in [2.75, 3.05) is 6.54 Å². The van der Waals surface area contributed by atoms with Gasteiger partial charge in [0.2, 0.25) is 5.91 Å². The molecule has 1 amide bonds. The molecule has 0 aromatic carbocycles. The molecule has 16 heavy (non-hydrogen) atoms. The molecule has 1 heterocycles. The highest BCUT2D eigenvalue weighted by Crippen LogP contribution is 2.16. The van der Waals surface area contributed by atoms with Crippen LogP contribution in [-0.4, -0.2) is 33.5 Å². The smallest absolute Gasteiger partial charge is 0.237 e. The van der Waals surface area contributed by atoms with Gasteiger partial charge in [-0.05, 0) is 5.41 Å². The first-order valence-electron chi connectivity index (χ1n) is 5.28. The summed E-state index contributed by atoms with van der Waals surface area (Å²) in [5, 5.41) is 10.2. The van der Waals surface area contributed by atoms with E-state index in [4.69, 9.17) is 5.73 Å². The van der Waals surface area contributed by atoms with E-state index in [-0.39, 0.29) is 11.3 Å². The third-order valence-corrected chi connectivity index (χ3v) is 2.33. The Morgan fingerprint density at radius 2 is 2.25 bits per heavy atom. The highest BCUT2D eigenvalue weighted by molar-refractivity contribution is 5.82. The lowest BCUT2D eigenvalue weighted by Gasteiger charge is -2.25. The summed E-state index contributed by atoms with van der Waals surface area (Å²) in [5.41, 5.74) is 5.58. The van der Waals surface area contributed by atoms with E-state index in [9.17, 15) is 4.79 Å². The van der Waals surface area contributed by atoms with E-state index in [1.165, 1.54) is 0 Å². The molecule has 0 unspecified atom stereocenters. The Morgan fingerprint density at radius 1 is 1.56 bits per heavy atom. The minimum atomic E-state index is -0.497. The number of nitrogens with two attached hydrogens (primary N) is 1. The van der Waals surface area contributed by atoms with Gasteiger partial charge in [-0.15, -0.1) is 5.10 Å². The number of hydrogen-bond acceptors (Lipinski definition) is 4. The van der Waals surface area contributed by atoms with Gasteiger partial charge < -0.3 is 11.1 Å². The van der Waals surface area contributed by atoms with Crippen LogP contribution in [0.15, 0.2) is 12.4 Å². The summed E-state index contributed by atoms with van der Waals surface area (Å²) in [4.78, 5) is 11.6. The molecule has 1 aromatic rings. The Bertz CT molecular complexity index is 327. The predicted octanol–water partition coefficient (Wildman–Crippen LogP) is -0.232. The molecule has 0 radical (unpaired) electrons. The van der Waals surface area contributed by atoms with Gasteiger partial charge in [-0.25, -0.2) is 0 Å². The Hall–Kier alpha value is -1.43. The number of carbonyl (C=O) groups excluding carboxylic acids is 1. The second-order valence-electron chi connectivity index (χ2n) is 4.80. The molecule has 3 N–H and O–H groups in total. The fourth-order valence-corrected chi connectivity index (χ4v) is 1.15. The Labute approximate surface area is 95.2 Å². The van der Waals surface area contributed by atoms with Crippen molar-refractivity contribution < 1.29 is 4.79 Å². The van der Waals surface area contributed by atoms with Gasteiger partial charge >= 0.3 is 0 Å². The first-order chi connectivity index (χ1) is 7.41. The maximum absolute atomic E-state index is 11.6. The van der Waals surface area contributed by atoms with Crippen molar-refractivity contribution in [2.45, 2.75) is 33.4 Å². The molecule has 90 valence electrons. The highest BCUT2D eigenvalue weighted by Gasteiger charge is 2.26. The van der Waals surface area contributed by atoms with Crippen LogP contribution in [0.3, 0.4) is 0 Å². The Balaban J connectivity index is 2.30. The summed E-state index contributed by atoms with van der Waals surface area (Å²) in [7, 11) is 0. The molecule has 0 saturated carbocycles. The first kappa shape index (κ1) is 12.6. The number of nitrogens with one attached hydrogen (secondary N) is 1. The van der Waals surface area contributed by atoms with E-state index in [1.807, 2.05) is 20.8 Å². The largest absolute Gasteiger partial charge is 0.353 e. The molecule has 1 atom stereocenters. The van der Waals surface area contributed by atoms with Crippen LogP contribution in [-0.2, 0) is 11.3 Å². The zero-order valence-corrected chi connectivity index (χ0v) is 9.97. The second kappa shape index (κ2) is 5.07. The van der Waals surface area contributed by atoms with Crippen LogP contribution in [0.4, 0.5) is 0 Å². The SMILES string of the molecule is CC(C)(C)[C@@H](N)C(=O)NCCn1ccnn1. The molecule has 0 aliphatic heterocycles. The van der Waals surface area contributed by atoms with Crippen LogP contribution >= 0.6 is 0 Å². The van der Waals surface area contributed by atoms with Crippen LogP contribution in [0, 0.1) is 5.41 Å². The van der Waals surface area contributed by atoms with Crippen LogP contribution in [0.2, 0.25) is 0 Å². The topological polar surface area (TPSA) is 85.8 Å². The van der Waals surface area contributed by atoms with Crippen LogP contribution in [0.5, 0.6) is 0 Å². The number of aromatic nitrogens is 3.